The Hall–Kier alpha value is -1.91. The molecule has 0 aliphatic carbocycles. The van der Waals surface area contributed by atoms with Crippen molar-refractivity contribution in [1.29, 1.82) is 0 Å². The highest BCUT2D eigenvalue weighted by molar-refractivity contribution is 5.95. The highest BCUT2D eigenvalue weighted by Gasteiger charge is 2.35. The molecule has 0 radical (unpaired) electrons. The first-order valence-electron chi connectivity index (χ1n) is 4.86. The molecule has 0 N–H and O–H groups in total. The molecule has 0 fully saturated rings. The summed E-state index contributed by atoms with van der Waals surface area (Å²) in [5.41, 5.74) is 1.80. The van der Waals surface area contributed by atoms with Crippen LogP contribution in [0.4, 0.5) is 0 Å². The maximum atomic E-state index is 11.6. The lowest BCUT2D eigenvalue weighted by Crippen LogP contribution is -2.09. The Morgan fingerprint density at radius 3 is 3.06 bits per heavy atom. The van der Waals surface area contributed by atoms with E-state index in [9.17, 15) is 9.59 Å². The second kappa shape index (κ2) is 3.92. The molecule has 5 nitrogen and oxygen atoms in total. The number of esters is 2. The number of carbonyl (C=O) groups is 2. The van der Waals surface area contributed by atoms with Gasteiger partial charge in [0.2, 0.25) is 0 Å². The van der Waals surface area contributed by atoms with Gasteiger partial charge in [-0.3, -0.25) is 9.78 Å². The van der Waals surface area contributed by atoms with Crippen LogP contribution in [0.1, 0.15) is 34.1 Å². The largest absolute Gasteiger partial charge is 0.469 e. The Labute approximate surface area is 92.4 Å². The fraction of sp³-hybridized carbons (Fsp3) is 0.364. The molecule has 1 aromatic heterocycles. The number of hydrogen-bond acceptors (Lipinski definition) is 5. The number of aromatic nitrogens is 1. The standard InChI is InChI=1S/C11H11NO4/c1-6-3-4-12-10-7(5-8(13)15-2)16-11(14)9(6)10/h3-4,7H,5H2,1-2H3/t7-/m0/s1. The van der Waals surface area contributed by atoms with Crippen LogP contribution in [0.15, 0.2) is 12.3 Å². The number of cyclic esters (lactones) is 1. The number of carbonyl (C=O) groups excluding carboxylic acids is 2. The summed E-state index contributed by atoms with van der Waals surface area (Å²) < 4.78 is 9.62. The van der Waals surface area contributed by atoms with Crippen LogP contribution in [0.3, 0.4) is 0 Å². The van der Waals surface area contributed by atoms with E-state index < -0.39 is 18.0 Å². The molecule has 1 aliphatic heterocycles. The minimum absolute atomic E-state index is 0.00565. The van der Waals surface area contributed by atoms with E-state index in [0.29, 0.717) is 11.3 Å². The van der Waals surface area contributed by atoms with Crippen molar-refractivity contribution in [2.75, 3.05) is 7.11 Å². The molecule has 0 saturated heterocycles. The monoisotopic (exact) mass is 221 g/mol. The Bertz CT molecular complexity index is 455. The number of fused-ring (bicyclic) bond motifs is 1. The van der Waals surface area contributed by atoms with Gasteiger partial charge in [-0.15, -0.1) is 0 Å². The molecule has 2 heterocycles. The van der Waals surface area contributed by atoms with Crippen molar-refractivity contribution in [3.8, 4) is 0 Å². The van der Waals surface area contributed by atoms with Gasteiger partial charge in [0.25, 0.3) is 0 Å². The van der Waals surface area contributed by atoms with Crippen molar-refractivity contribution >= 4 is 11.9 Å². The van der Waals surface area contributed by atoms with E-state index in [1.807, 2.05) is 6.92 Å². The van der Waals surface area contributed by atoms with Gasteiger partial charge in [0.1, 0.15) is 0 Å². The lowest BCUT2D eigenvalue weighted by molar-refractivity contribution is -0.142. The molecule has 1 atom stereocenters. The maximum Gasteiger partial charge on any atom is 0.341 e. The van der Waals surface area contributed by atoms with Gasteiger partial charge >= 0.3 is 11.9 Å². The van der Waals surface area contributed by atoms with E-state index in [1.165, 1.54) is 7.11 Å². The van der Waals surface area contributed by atoms with Crippen molar-refractivity contribution in [1.82, 2.24) is 4.98 Å². The second-order valence-electron chi connectivity index (χ2n) is 3.56. The van der Waals surface area contributed by atoms with Crippen molar-refractivity contribution in [3.63, 3.8) is 0 Å². The Balaban J connectivity index is 2.33. The summed E-state index contributed by atoms with van der Waals surface area (Å²) in [6.07, 6.45) is 0.987. The quantitative estimate of drug-likeness (QED) is 0.701. The predicted molar refractivity (Wildman–Crippen MR) is 53.8 cm³/mol. The van der Waals surface area contributed by atoms with Crippen LogP contribution in [0.25, 0.3) is 0 Å². The molecule has 5 heteroatoms. The van der Waals surface area contributed by atoms with Crippen LogP contribution in [-0.4, -0.2) is 24.0 Å². The number of rotatable bonds is 2. The smallest absolute Gasteiger partial charge is 0.341 e. The van der Waals surface area contributed by atoms with Crippen LogP contribution in [-0.2, 0) is 14.3 Å². The van der Waals surface area contributed by atoms with Gasteiger partial charge in [-0.25, -0.2) is 4.79 Å². The first kappa shape index (κ1) is 10.6. The number of pyridine rings is 1. The average Bonchev–Trinajstić information content (AvgIpc) is 2.57. The Morgan fingerprint density at radius 1 is 1.62 bits per heavy atom. The third kappa shape index (κ3) is 1.64. The van der Waals surface area contributed by atoms with Crippen LogP contribution < -0.4 is 0 Å². The van der Waals surface area contributed by atoms with E-state index in [-0.39, 0.29) is 6.42 Å². The highest BCUT2D eigenvalue weighted by Crippen LogP contribution is 2.32. The van der Waals surface area contributed by atoms with Crippen LogP contribution >= 0.6 is 0 Å². The van der Waals surface area contributed by atoms with E-state index in [1.54, 1.807) is 12.3 Å². The van der Waals surface area contributed by atoms with E-state index in [0.717, 1.165) is 5.56 Å². The van der Waals surface area contributed by atoms with E-state index in [2.05, 4.69) is 9.72 Å². The average molecular weight is 221 g/mol. The topological polar surface area (TPSA) is 65.5 Å². The zero-order valence-corrected chi connectivity index (χ0v) is 9.02. The fourth-order valence-corrected chi connectivity index (χ4v) is 1.71. The number of aryl methyl sites for hydroxylation is 1. The maximum absolute atomic E-state index is 11.6. The molecule has 16 heavy (non-hydrogen) atoms. The summed E-state index contributed by atoms with van der Waals surface area (Å²) in [4.78, 5) is 26.8. The molecular weight excluding hydrogens is 210 g/mol. The van der Waals surface area contributed by atoms with Crippen LogP contribution in [0, 0.1) is 6.92 Å². The van der Waals surface area contributed by atoms with Gasteiger partial charge in [0, 0.05) is 6.20 Å². The molecule has 0 amide bonds. The summed E-state index contributed by atoms with van der Waals surface area (Å²) in [5, 5.41) is 0. The molecular formula is C11H11NO4. The molecule has 0 spiro atoms. The zero-order chi connectivity index (χ0) is 11.7. The first-order valence-corrected chi connectivity index (χ1v) is 4.86. The normalized spacial score (nSPS) is 17.9. The van der Waals surface area contributed by atoms with Gasteiger partial charge in [-0.2, -0.15) is 0 Å². The van der Waals surface area contributed by atoms with Gasteiger partial charge in [0.15, 0.2) is 6.10 Å². The third-order valence-corrected chi connectivity index (χ3v) is 2.53. The minimum atomic E-state index is -0.616. The number of ether oxygens (including phenoxy) is 2. The number of methoxy groups -OCH3 is 1. The SMILES string of the molecule is COC(=O)C[C@@H]1OC(=O)c2c(C)ccnc21. The third-order valence-electron chi connectivity index (χ3n) is 2.53. The lowest BCUT2D eigenvalue weighted by atomic mass is 10.1. The zero-order valence-electron chi connectivity index (χ0n) is 9.02. The molecule has 1 aromatic rings. The van der Waals surface area contributed by atoms with E-state index >= 15 is 0 Å². The molecule has 0 saturated carbocycles. The molecule has 0 bridgehead atoms. The fourth-order valence-electron chi connectivity index (χ4n) is 1.71. The van der Waals surface area contributed by atoms with Gasteiger partial charge in [-0.05, 0) is 18.6 Å². The van der Waals surface area contributed by atoms with Crippen molar-refractivity contribution < 1.29 is 19.1 Å². The minimum Gasteiger partial charge on any atom is -0.469 e. The lowest BCUT2D eigenvalue weighted by Gasteiger charge is -2.07. The van der Waals surface area contributed by atoms with Crippen LogP contribution in [0.5, 0.6) is 0 Å². The van der Waals surface area contributed by atoms with Crippen molar-refractivity contribution in [2.45, 2.75) is 19.4 Å². The highest BCUT2D eigenvalue weighted by atomic mass is 16.6. The molecule has 1 aliphatic rings. The summed E-state index contributed by atoms with van der Waals surface area (Å²) >= 11 is 0. The van der Waals surface area contributed by atoms with Gasteiger partial charge < -0.3 is 9.47 Å². The number of hydrogen-bond donors (Lipinski definition) is 0. The number of nitrogens with zero attached hydrogens (tertiary/aromatic N) is 1. The van der Waals surface area contributed by atoms with E-state index in [4.69, 9.17) is 4.74 Å². The molecule has 2 rings (SSSR count). The Morgan fingerprint density at radius 2 is 2.38 bits per heavy atom. The second-order valence-corrected chi connectivity index (χ2v) is 3.56. The van der Waals surface area contributed by atoms with Gasteiger partial charge in [-0.1, -0.05) is 0 Å². The predicted octanol–water partition coefficient (Wildman–Crippen LogP) is 1.16. The molecule has 0 aromatic carbocycles. The van der Waals surface area contributed by atoms with Crippen molar-refractivity contribution in [3.05, 3.63) is 29.1 Å². The summed E-state index contributed by atoms with van der Waals surface area (Å²) in [5.74, 6) is -0.844. The van der Waals surface area contributed by atoms with Crippen molar-refractivity contribution in [2.24, 2.45) is 0 Å². The van der Waals surface area contributed by atoms with Gasteiger partial charge in [0.05, 0.1) is 24.8 Å². The summed E-state index contributed by atoms with van der Waals surface area (Å²) in [6.45, 7) is 1.81. The van der Waals surface area contributed by atoms with Crippen LogP contribution in [0.2, 0.25) is 0 Å². The first-order chi connectivity index (χ1) is 7.63. The Kier molecular flexibility index (Phi) is 2.60. The summed E-state index contributed by atoms with van der Waals surface area (Å²) in [6, 6.07) is 1.74. The summed E-state index contributed by atoms with van der Waals surface area (Å²) in [7, 11) is 1.30. The molecule has 0 unspecified atom stereocenters. The molecule has 84 valence electrons.